The first-order valence-electron chi connectivity index (χ1n) is 9.32. The molecule has 6 nitrogen and oxygen atoms in total. The number of nitrogens with one attached hydrogen (secondary N) is 1. The second-order valence-corrected chi connectivity index (χ2v) is 7.71. The number of H-pyrrole nitrogens is 1. The van der Waals surface area contributed by atoms with Crippen molar-refractivity contribution in [3.63, 3.8) is 0 Å². The molecule has 1 saturated heterocycles. The molecule has 0 amide bonds. The van der Waals surface area contributed by atoms with Crippen LogP contribution in [0.4, 0.5) is 5.69 Å². The lowest BCUT2D eigenvalue weighted by Gasteiger charge is -2.37. The minimum absolute atomic E-state index is 0.0562. The van der Waals surface area contributed by atoms with Crippen LogP contribution in [0.3, 0.4) is 0 Å². The SMILES string of the molecule is CC1(N)CCN(c2cnc3c(-c4ccc5cccnc5c4)n[nH]c3c2)CC1. The molecule has 27 heavy (non-hydrogen) atoms. The number of hydrogen-bond donors (Lipinski definition) is 2. The van der Waals surface area contributed by atoms with Gasteiger partial charge >= 0.3 is 0 Å². The number of rotatable bonds is 2. The maximum absolute atomic E-state index is 6.25. The van der Waals surface area contributed by atoms with Crippen LogP contribution in [0.5, 0.6) is 0 Å². The molecule has 4 aromatic rings. The van der Waals surface area contributed by atoms with Gasteiger partial charge in [-0.1, -0.05) is 18.2 Å². The first-order chi connectivity index (χ1) is 13.1. The van der Waals surface area contributed by atoms with Gasteiger partial charge in [0.15, 0.2) is 0 Å². The Balaban J connectivity index is 1.50. The number of nitrogens with zero attached hydrogens (tertiary/aromatic N) is 4. The smallest absolute Gasteiger partial charge is 0.118 e. The lowest BCUT2D eigenvalue weighted by Crippen LogP contribution is -2.48. The highest BCUT2D eigenvalue weighted by molar-refractivity contribution is 5.93. The molecule has 0 saturated carbocycles. The van der Waals surface area contributed by atoms with Gasteiger partial charge in [-0.2, -0.15) is 5.10 Å². The Labute approximate surface area is 157 Å². The number of aromatic amines is 1. The second kappa shape index (κ2) is 6.03. The highest BCUT2D eigenvalue weighted by Gasteiger charge is 2.26. The number of fused-ring (bicyclic) bond motifs is 2. The predicted molar refractivity (Wildman–Crippen MR) is 109 cm³/mol. The van der Waals surface area contributed by atoms with E-state index < -0.39 is 0 Å². The third kappa shape index (κ3) is 2.92. The van der Waals surface area contributed by atoms with Gasteiger partial charge in [0.25, 0.3) is 0 Å². The molecule has 136 valence electrons. The molecule has 1 aromatic carbocycles. The van der Waals surface area contributed by atoms with Crippen LogP contribution in [0.1, 0.15) is 19.8 Å². The van der Waals surface area contributed by atoms with Crippen molar-refractivity contribution in [1.29, 1.82) is 0 Å². The number of anilines is 1. The fourth-order valence-electron chi connectivity index (χ4n) is 3.76. The average molecular weight is 358 g/mol. The van der Waals surface area contributed by atoms with E-state index in [9.17, 15) is 0 Å². The highest BCUT2D eigenvalue weighted by Crippen LogP contribution is 2.30. The Morgan fingerprint density at radius 2 is 1.96 bits per heavy atom. The van der Waals surface area contributed by atoms with Gasteiger partial charge in [0, 0.05) is 35.8 Å². The van der Waals surface area contributed by atoms with Crippen molar-refractivity contribution >= 4 is 27.6 Å². The fraction of sp³-hybridized carbons (Fsp3) is 0.286. The van der Waals surface area contributed by atoms with E-state index in [1.807, 2.05) is 18.5 Å². The number of aromatic nitrogens is 4. The second-order valence-electron chi connectivity index (χ2n) is 7.71. The van der Waals surface area contributed by atoms with Gasteiger partial charge in [-0.05, 0) is 38.0 Å². The van der Waals surface area contributed by atoms with E-state index in [0.717, 1.165) is 64.8 Å². The zero-order valence-corrected chi connectivity index (χ0v) is 15.3. The summed E-state index contributed by atoms with van der Waals surface area (Å²) in [7, 11) is 0. The highest BCUT2D eigenvalue weighted by atomic mass is 15.2. The number of piperidine rings is 1. The molecule has 6 heteroatoms. The average Bonchev–Trinajstić information content (AvgIpc) is 3.11. The van der Waals surface area contributed by atoms with Crippen LogP contribution < -0.4 is 10.6 Å². The van der Waals surface area contributed by atoms with E-state index in [0.29, 0.717) is 0 Å². The molecular formula is C21H22N6. The van der Waals surface area contributed by atoms with Crippen LogP contribution in [-0.4, -0.2) is 38.8 Å². The molecule has 5 rings (SSSR count). The summed E-state index contributed by atoms with van der Waals surface area (Å²) in [6, 6.07) is 12.4. The van der Waals surface area contributed by atoms with Crippen molar-refractivity contribution < 1.29 is 0 Å². The zero-order chi connectivity index (χ0) is 18.4. The number of hydrogen-bond acceptors (Lipinski definition) is 5. The molecule has 3 N–H and O–H groups in total. The topological polar surface area (TPSA) is 83.7 Å². The molecule has 1 aliphatic rings. The maximum atomic E-state index is 6.25. The Morgan fingerprint density at radius 1 is 1.11 bits per heavy atom. The van der Waals surface area contributed by atoms with Gasteiger partial charge < -0.3 is 10.6 Å². The van der Waals surface area contributed by atoms with Crippen molar-refractivity contribution in [2.75, 3.05) is 18.0 Å². The summed E-state index contributed by atoms with van der Waals surface area (Å²) >= 11 is 0. The molecule has 0 radical (unpaired) electrons. The number of nitrogens with two attached hydrogens (primary N) is 1. The van der Waals surface area contributed by atoms with Crippen LogP contribution in [0.2, 0.25) is 0 Å². The molecular weight excluding hydrogens is 336 g/mol. The van der Waals surface area contributed by atoms with Crippen LogP contribution >= 0.6 is 0 Å². The van der Waals surface area contributed by atoms with Crippen molar-refractivity contribution in [1.82, 2.24) is 20.2 Å². The van der Waals surface area contributed by atoms with Gasteiger partial charge in [0.05, 0.1) is 22.9 Å². The fourth-order valence-corrected chi connectivity index (χ4v) is 3.76. The Bertz CT molecular complexity index is 1120. The Kier molecular flexibility index (Phi) is 3.62. The Hall–Kier alpha value is -2.99. The van der Waals surface area contributed by atoms with Crippen LogP contribution in [0.15, 0.2) is 48.8 Å². The first-order valence-corrected chi connectivity index (χ1v) is 9.32. The molecule has 1 aliphatic heterocycles. The minimum Gasteiger partial charge on any atom is -0.370 e. The lowest BCUT2D eigenvalue weighted by atomic mass is 9.91. The van der Waals surface area contributed by atoms with Crippen molar-refractivity contribution in [3.8, 4) is 11.3 Å². The first kappa shape index (κ1) is 16.2. The maximum Gasteiger partial charge on any atom is 0.118 e. The molecule has 3 aromatic heterocycles. The zero-order valence-electron chi connectivity index (χ0n) is 15.3. The quantitative estimate of drug-likeness (QED) is 0.573. The molecule has 0 unspecified atom stereocenters. The molecule has 0 atom stereocenters. The van der Waals surface area contributed by atoms with Crippen molar-refractivity contribution in [2.45, 2.75) is 25.3 Å². The normalized spacial score (nSPS) is 16.9. The van der Waals surface area contributed by atoms with E-state index >= 15 is 0 Å². The van der Waals surface area contributed by atoms with Crippen LogP contribution in [0.25, 0.3) is 33.2 Å². The largest absolute Gasteiger partial charge is 0.370 e. The number of benzene rings is 1. The summed E-state index contributed by atoms with van der Waals surface area (Å²) < 4.78 is 0. The van der Waals surface area contributed by atoms with E-state index in [1.54, 1.807) is 0 Å². The number of pyridine rings is 2. The summed E-state index contributed by atoms with van der Waals surface area (Å²) in [5.74, 6) is 0. The monoisotopic (exact) mass is 358 g/mol. The van der Waals surface area contributed by atoms with Gasteiger partial charge in [0.1, 0.15) is 11.2 Å². The predicted octanol–water partition coefficient (Wildman–Crippen LogP) is 3.49. The summed E-state index contributed by atoms with van der Waals surface area (Å²) in [6.45, 7) is 4.04. The third-order valence-electron chi connectivity index (χ3n) is 5.54. The van der Waals surface area contributed by atoms with Crippen LogP contribution in [-0.2, 0) is 0 Å². The minimum atomic E-state index is -0.0562. The lowest BCUT2D eigenvalue weighted by molar-refractivity contribution is 0.364. The Morgan fingerprint density at radius 3 is 2.81 bits per heavy atom. The summed E-state index contributed by atoms with van der Waals surface area (Å²) in [5, 5.41) is 8.79. The van der Waals surface area contributed by atoms with E-state index in [2.05, 4.69) is 57.3 Å². The molecule has 1 fully saturated rings. The van der Waals surface area contributed by atoms with Crippen molar-refractivity contribution in [3.05, 3.63) is 48.8 Å². The van der Waals surface area contributed by atoms with Gasteiger partial charge in [-0.15, -0.1) is 0 Å². The molecule has 0 bridgehead atoms. The van der Waals surface area contributed by atoms with Crippen molar-refractivity contribution in [2.24, 2.45) is 5.73 Å². The van der Waals surface area contributed by atoms with E-state index in [1.165, 1.54) is 0 Å². The van der Waals surface area contributed by atoms with E-state index in [-0.39, 0.29) is 5.54 Å². The summed E-state index contributed by atoms with van der Waals surface area (Å²) in [6.07, 6.45) is 5.73. The van der Waals surface area contributed by atoms with E-state index in [4.69, 9.17) is 10.7 Å². The van der Waals surface area contributed by atoms with Gasteiger partial charge in [-0.25, -0.2) is 0 Å². The molecule has 4 heterocycles. The van der Waals surface area contributed by atoms with Gasteiger partial charge in [-0.3, -0.25) is 15.1 Å². The standard InChI is InChI=1S/C21H22N6/c1-21(22)6-9-27(10-7-21)16-12-18-20(24-13-16)19(26-25-18)15-5-4-14-3-2-8-23-17(14)11-15/h2-5,8,11-13H,6-7,9-10,22H2,1H3,(H,25,26). The summed E-state index contributed by atoms with van der Waals surface area (Å²) in [5.41, 5.74) is 12.0. The molecule has 0 spiro atoms. The molecule has 0 aliphatic carbocycles. The van der Waals surface area contributed by atoms with Gasteiger partial charge in [0.2, 0.25) is 0 Å². The third-order valence-corrected chi connectivity index (χ3v) is 5.54. The van der Waals surface area contributed by atoms with Crippen LogP contribution in [0, 0.1) is 0 Å². The summed E-state index contributed by atoms with van der Waals surface area (Å²) in [4.78, 5) is 11.5.